The summed E-state index contributed by atoms with van der Waals surface area (Å²) >= 11 is 0. The van der Waals surface area contributed by atoms with Crippen LogP contribution in [0, 0.1) is 5.82 Å². The highest BCUT2D eigenvalue weighted by Gasteiger charge is 1.99. The molecule has 0 bridgehead atoms. The van der Waals surface area contributed by atoms with Crippen molar-refractivity contribution in [1.82, 2.24) is 5.32 Å². The number of halogens is 1. The van der Waals surface area contributed by atoms with Crippen molar-refractivity contribution in [3.63, 3.8) is 0 Å². The quantitative estimate of drug-likeness (QED) is 0.672. The number of para-hydroxylation sites is 1. The number of benzene rings is 1. The first-order chi connectivity index (χ1) is 8.34. The summed E-state index contributed by atoms with van der Waals surface area (Å²) < 4.78 is 23.6. The summed E-state index contributed by atoms with van der Waals surface area (Å²) in [5.41, 5.74) is 0. The number of ether oxygens (including phenoxy) is 2. The normalized spacial score (nSPS) is 10.5. The second-order valence-corrected chi connectivity index (χ2v) is 3.58. The number of nitrogens with one attached hydrogen (secondary N) is 1. The Balaban J connectivity index is 1.99. The number of hydrogen-bond acceptors (Lipinski definition) is 3. The van der Waals surface area contributed by atoms with Gasteiger partial charge in [0, 0.05) is 19.8 Å². The van der Waals surface area contributed by atoms with Crippen LogP contribution in [0.1, 0.15) is 13.3 Å². The molecule has 0 saturated carbocycles. The van der Waals surface area contributed by atoms with Crippen LogP contribution < -0.4 is 10.1 Å². The molecule has 1 rings (SSSR count). The van der Waals surface area contributed by atoms with E-state index in [0.29, 0.717) is 18.9 Å². The van der Waals surface area contributed by atoms with Gasteiger partial charge in [-0.15, -0.1) is 0 Å². The van der Waals surface area contributed by atoms with Gasteiger partial charge in [-0.25, -0.2) is 4.39 Å². The van der Waals surface area contributed by atoms with E-state index in [4.69, 9.17) is 9.47 Å². The zero-order valence-electron chi connectivity index (χ0n) is 10.2. The van der Waals surface area contributed by atoms with Crippen molar-refractivity contribution >= 4 is 0 Å². The summed E-state index contributed by atoms with van der Waals surface area (Å²) in [6, 6.07) is 6.43. The van der Waals surface area contributed by atoms with Gasteiger partial charge in [0.25, 0.3) is 0 Å². The summed E-state index contributed by atoms with van der Waals surface area (Å²) in [5, 5.41) is 3.21. The molecule has 1 N–H and O–H groups in total. The Morgan fingerprint density at radius 3 is 2.76 bits per heavy atom. The lowest BCUT2D eigenvalue weighted by Gasteiger charge is -2.08. The maximum absolute atomic E-state index is 13.1. The molecule has 0 unspecified atom stereocenters. The average Bonchev–Trinajstić information content (AvgIpc) is 2.35. The first-order valence-electron chi connectivity index (χ1n) is 6.00. The Labute approximate surface area is 102 Å². The molecule has 0 aromatic heterocycles. The van der Waals surface area contributed by atoms with E-state index in [1.165, 1.54) is 6.07 Å². The minimum Gasteiger partial charge on any atom is -0.489 e. The first kappa shape index (κ1) is 13.9. The van der Waals surface area contributed by atoms with Crippen LogP contribution in [0.5, 0.6) is 5.75 Å². The van der Waals surface area contributed by atoms with Crippen LogP contribution in [-0.2, 0) is 4.74 Å². The van der Waals surface area contributed by atoms with Crippen molar-refractivity contribution in [1.29, 1.82) is 0 Å². The predicted octanol–water partition coefficient (Wildman–Crippen LogP) is 2.22. The van der Waals surface area contributed by atoms with Gasteiger partial charge in [-0.2, -0.15) is 0 Å². The minimum absolute atomic E-state index is 0.309. The molecule has 0 aliphatic carbocycles. The van der Waals surface area contributed by atoms with E-state index in [1.54, 1.807) is 18.2 Å². The van der Waals surface area contributed by atoms with Crippen molar-refractivity contribution in [3.8, 4) is 5.75 Å². The molecule has 0 heterocycles. The van der Waals surface area contributed by atoms with Gasteiger partial charge in [0.15, 0.2) is 11.6 Å². The molecule has 17 heavy (non-hydrogen) atoms. The zero-order chi connectivity index (χ0) is 12.3. The Morgan fingerprint density at radius 1 is 1.18 bits per heavy atom. The van der Waals surface area contributed by atoms with Gasteiger partial charge >= 0.3 is 0 Å². The van der Waals surface area contributed by atoms with Crippen LogP contribution >= 0.6 is 0 Å². The van der Waals surface area contributed by atoms with Crippen LogP contribution in [0.4, 0.5) is 4.39 Å². The van der Waals surface area contributed by atoms with Crippen molar-refractivity contribution in [3.05, 3.63) is 30.1 Å². The van der Waals surface area contributed by atoms with E-state index in [2.05, 4.69) is 5.32 Å². The standard InChI is InChI=1S/C13H20FNO2/c1-2-16-10-5-8-15-9-11-17-13-7-4-3-6-12(13)14/h3-4,6-7,15H,2,5,8-11H2,1H3. The van der Waals surface area contributed by atoms with E-state index < -0.39 is 0 Å². The molecule has 0 saturated heterocycles. The molecule has 0 radical (unpaired) electrons. The van der Waals surface area contributed by atoms with Crippen LogP contribution in [0.15, 0.2) is 24.3 Å². The summed E-state index contributed by atoms with van der Waals surface area (Å²) in [6.45, 7) is 5.58. The molecular formula is C13H20FNO2. The monoisotopic (exact) mass is 241 g/mol. The molecular weight excluding hydrogens is 221 g/mol. The molecule has 0 aliphatic heterocycles. The predicted molar refractivity (Wildman–Crippen MR) is 65.9 cm³/mol. The second kappa shape index (κ2) is 8.96. The van der Waals surface area contributed by atoms with E-state index in [1.807, 2.05) is 6.92 Å². The molecule has 96 valence electrons. The molecule has 0 aliphatic rings. The SMILES string of the molecule is CCOCCCNCCOc1ccccc1F. The molecule has 0 fully saturated rings. The van der Waals surface area contributed by atoms with E-state index in [-0.39, 0.29) is 5.82 Å². The van der Waals surface area contributed by atoms with Gasteiger partial charge in [0.2, 0.25) is 0 Å². The third-order valence-corrected chi connectivity index (χ3v) is 2.22. The maximum Gasteiger partial charge on any atom is 0.165 e. The van der Waals surface area contributed by atoms with Gasteiger partial charge in [-0.3, -0.25) is 0 Å². The number of rotatable bonds is 9. The van der Waals surface area contributed by atoms with Crippen molar-refractivity contribution in [2.75, 3.05) is 32.9 Å². The van der Waals surface area contributed by atoms with Crippen LogP contribution in [0.2, 0.25) is 0 Å². The largest absolute Gasteiger partial charge is 0.489 e. The number of hydrogen-bond donors (Lipinski definition) is 1. The summed E-state index contributed by atoms with van der Waals surface area (Å²) in [4.78, 5) is 0. The first-order valence-corrected chi connectivity index (χ1v) is 6.00. The molecule has 3 nitrogen and oxygen atoms in total. The molecule has 1 aromatic rings. The van der Waals surface area contributed by atoms with Crippen LogP contribution in [-0.4, -0.2) is 32.9 Å². The van der Waals surface area contributed by atoms with E-state index in [9.17, 15) is 4.39 Å². The summed E-state index contributed by atoms with van der Waals surface area (Å²) in [7, 11) is 0. The smallest absolute Gasteiger partial charge is 0.165 e. The Morgan fingerprint density at radius 2 is 2.00 bits per heavy atom. The third kappa shape index (κ3) is 6.24. The Bertz CT molecular complexity index is 307. The fraction of sp³-hybridized carbons (Fsp3) is 0.538. The van der Waals surface area contributed by atoms with Gasteiger partial charge in [-0.05, 0) is 32.0 Å². The third-order valence-electron chi connectivity index (χ3n) is 2.22. The average molecular weight is 241 g/mol. The highest BCUT2D eigenvalue weighted by molar-refractivity contribution is 5.23. The van der Waals surface area contributed by atoms with Gasteiger partial charge < -0.3 is 14.8 Å². The minimum atomic E-state index is -0.316. The fourth-order valence-electron chi connectivity index (χ4n) is 1.36. The van der Waals surface area contributed by atoms with Crippen molar-refractivity contribution in [2.45, 2.75) is 13.3 Å². The second-order valence-electron chi connectivity index (χ2n) is 3.58. The topological polar surface area (TPSA) is 30.5 Å². The Kier molecular flexibility index (Phi) is 7.34. The van der Waals surface area contributed by atoms with Gasteiger partial charge in [0.1, 0.15) is 6.61 Å². The van der Waals surface area contributed by atoms with Crippen molar-refractivity contribution < 1.29 is 13.9 Å². The van der Waals surface area contributed by atoms with Crippen molar-refractivity contribution in [2.24, 2.45) is 0 Å². The van der Waals surface area contributed by atoms with Crippen LogP contribution in [0.25, 0.3) is 0 Å². The van der Waals surface area contributed by atoms with Gasteiger partial charge in [0.05, 0.1) is 0 Å². The summed E-state index contributed by atoms with van der Waals surface area (Å²) in [5.74, 6) is -0.00698. The van der Waals surface area contributed by atoms with E-state index in [0.717, 1.165) is 26.2 Å². The fourth-order valence-corrected chi connectivity index (χ4v) is 1.36. The summed E-state index contributed by atoms with van der Waals surface area (Å²) in [6.07, 6.45) is 0.980. The zero-order valence-corrected chi connectivity index (χ0v) is 10.2. The molecule has 0 atom stereocenters. The van der Waals surface area contributed by atoms with Gasteiger partial charge in [-0.1, -0.05) is 12.1 Å². The van der Waals surface area contributed by atoms with E-state index >= 15 is 0 Å². The lowest BCUT2D eigenvalue weighted by atomic mass is 10.3. The maximum atomic E-state index is 13.1. The lowest BCUT2D eigenvalue weighted by molar-refractivity contribution is 0.144. The molecule has 0 amide bonds. The molecule has 0 spiro atoms. The van der Waals surface area contributed by atoms with Crippen LogP contribution in [0.3, 0.4) is 0 Å². The lowest BCUT2D eigenvalue weighted by Crippen LogP contribution is -2.23. The molecule has 1 aromatic carbocycles. The Hall–Kier alpha value is -1.13. The molecule has 4 heteroatoms. The highest BCUT2D eigenvalue weighted by Crippen LogP contribution is 2.14. The highest BCUT2D eigenvalue weighted by atomic mass is 19.1.